The summed E-state index contributed by atoms with van der Waals surface area (Å²) in [6.07, 6.45) is 4.73. The quantitative estimate of drug-likeness (QED) is 0.555. The first-order valence-electron chi connectivity index (χ1n) is 9.54. The van der Waals surface area contributed by atoms with Gasteiger partial charge in [-0.05, 0) is 36.8 Å². The molecule has 0 fully saturated rings. The van der Waals surface area contributed by atoms with Crippen molar-refractivity contribution in [2.45, 2.75) is 13.5 Å². The highest BCUT2D eigenvalue weighted by Gasteiger charge is 2.18. The van der Waals surface area contributed by atoms with Gasteiger partial charge in [-0.1, -0.05) is 12.1 Å². The predicted molar refractivity (Wildman–Crippen MR) is 111 cm³/mol. The Morgan fingerprint density at radius 3 is 2.68 bits per heavy atom. The zero-order valence-electron chi connectivity index (χ0n) is 16.8. The summed E-state index contributed by atoms with van der Waals surface area (Å²) in [7, 11) is 0. The molecule has 0 radical (unpaired) electrons. The third-order valence-electron chi connectivity index (χ3n) is 4.05. The molecule has 0 bridgehead atoms. The standard InChI is InChI=1S/C22H21FN4O4/c1-2-30-21(28)14-26-22(29)27(15-16-5-4-10-24-12-16)18-8-9-20(25-13-18)31-19-7-3-6-17(23)11-19/h3-13H,2,14-15H2,1H3,(H,26,29). The van der Waals surface area contributed by atoms with E-state index in [1.807, 2.05) is 6.07 Å². The zero-order chi connectivity index (χ0) is 22.1. The number of rotatable bonds is 8. The van der Waals surface area contributed by atoms with E-state index in [0.29, 0.717) is 11.4 Å². The molecule has 9 heteroatoms. The lowest BCUT2D eigenvalue weighted by atomic mass is 10.2. The van der Waals surface area contributed by atoms with Crippen molar-refractivity contribution in [2.24, 2.45) is 0 Å². The maximum absolute atomic E-state index is 13.3. The first-order chi connectivity index (χ1) is 15.0. The lowest BCUT2D eigenvalue weighted by Crippen LogP contribution is -2.42. The molecular formula is C22H21FN4O4. The zero-order valence-corrected chi connectivity index (χ0v) is 16.8. The molecular weight excluding hydrogens is 403 g/mol. The summed E-state index contributed by atoms with van der Waals surface area (Å²) in [6, 6.07) is 12.0. The molecule has 31 heavy (non-hydrogen) atoms. The van der Waals surface area contributed by atoms with Crippen LogP contribution in [0, 0.1) is 5.82 Å². The summed E-state index contributed by atoms with van der Waals surface area (Å²) in [5.41, 5.74) is 1.26. The second kappa shape index (κ2) is 10.7. The number of esters is 1. The lowest BCUT2D eigenvalue weighted by molar-refractivity contribution is -0.141. The Bertz CT molecular complexity index is 1020. The number of aromatic nitrogens is 2. The van der Waals surface area contributed by atoms with Crippen LogP contribution in [0.4, 0.5) is 14.9 Å². The number of carbonyl (C=O) groups is 2. The number of pyridine rings is 2. The number of hydrogen-bond acceptors (Lipinski definition) is 6. The van der Waals surface area contributed by atoms with Gasteiger partial charge in [-0.3, -0.25) is 14.7 Å². The first kappa shape index (κ1) is 21.7. The second-order valence-electron chi connectivity index (χ2n) is 6.33. The van der Waals surface area contributed by atoms with E-state index in [0.717, 1.165) is 5.56 Å². The van der Waals surface area contributed by atoms with Crippen molar-refractivity contribution in [1.82, 2.24) is 15.3 Å². The van der Waals surface area contributed by atoms with Crippen molar-refractivity contribution >= 4 is 17.7 Å². The van der Waals surface area contributed by atoms with E-state index in [2.05, 4.69) is 15.3 Å². The van der Waals surface area contributed by atoms with Gasteiger partial charge in [-0.15, -0.1) is 0 Å². The van der Waals surface area contributed by atoms with Crippen LogP contribution in [0.25, 0.3) is 0 Å². The first-order valence-corrected chi connectivity index (χ1v) is 9.54. The monoisotopic (exact) mass is 424 g/mol. The van der Waals surface area contributed by atoms with Crippen molar-refractivity contribution in [3.63, 3.8) is 0 Å². The fraction of sp³-hybridized carbons (Fsp3) is 0.182. The number of nitrogens with zero attached hydrogens (tertiary/aromatic N) is 3. The third kappa shape index (κ3) is 6.49. The van der Waals surface area contributed by atoms with E-state index in [4.69, 9.17) is 9.47 Å². The third-order valence-corrected chi connectivity index (χ3v) is 4.05. The maximum Gasteiger partial charge on any atom is 0.325 e. The molecule has 3 rings (SSSR count). The Kier molecular flexibility index (Phi) is 7.47. The smallest absolute Gasteiger partial charge is 0.325 e. The summed E-state index contributed by atoms with van der Waals surface area (Å²) in [6.45, 7) is 1.86. The molecule has 0 spiro atoms. The number of carbonyl (C=O) groups excluding carboxylic acids is 2. The average Bonchev–Trinajstić information content (AvgIpc) is 2.77. The van der Waals surface area contributed by atoms with E-state index < -0.39 is 17.8 Å². The molecule has 1 N–H and O–H groups in total. The van der Waals surface area contributed by atoms with Crippen LogP contribution in [0.3, 0.4) is 0 Å². The van der Waals surface area contributed by atoms with E-state index >= 15 is 0 Å². The highest BCUT2D eigenvalue weighted by molar-refractivity contribution is 5.93. The van der Waals surface area contributed by atoms with Crippen LogP contribution in [-0.4, -0.2) is 35.1 Å². The van der Waals surface area contributed by atoms with Crippen LogP contribution >= 0.6 is 0 Å². The predicted octanol–water partition coefficient (Wildman–Crippen LogP) is 3.69. The molecule has 3 aromatic rings. The van der Waals surface area contributed by atoms with Crippen molar-refractivity contribution in [3.05, 3.63) is 78.5 Å². The molecule has 2 amide bonds. The molecule has 0 aliphatic rings. The summed E-state index contributed by atoms with van der Waals surface area (Å²) >= 11 is 0. The van der Waals surface area contributed by atoms with Gasteiger partial charge in [0.2, 0.25) is 5.88 Å². The van der Waals surface area contributed by atoms with Gasteiger partial charge in [0, 0.05) is 24.5 Å². The molecule has 0 unspecified atom stereocenters. The Morgan fingerprint density at radius 2 is 2.00 bits per heavy atom. The Balaban J connectivity index is 1.75. The second-order valence-corrected chi connectivity index (χ2v) is 6.33. The molecule has 160 valence electrons. The number of hydrogen-bond donors (Lipinski definition) is 1. The van der Waals surface area contributed by atoms with Gasteiger partial charge >= 0.3 is 12.0 Å². The number of amides is 2. The number of ether oxygens (including phenoxy) is 2. The van der Waals surface area contributed by atoms with Gasteiger partial charge < -0.3 is 14.8 Å². The molecule has 0 aliphatic carbocycles. The lowest BCUT2D eigenvalue weighted by Gasteiger charge is -2.23. The maximum atomic E-state index is 13.3. The topological polar surface area (TPSA) is 93.7 Å². The Hall–Kier alpha value is -4.01. The highest BCUT2D eigenvalue weighted by atomic mass is 19.1. The largest absolute Gasteiger partial charge is 0.465 e. The van der Waals surface area contributed by atoms with E-state index in [1.165, 1.54) is 29.3 Å². The molecule has 0 aliphatic heterocycles. The van der Waals surface area contributed by atoms with Crippen molar-refractivity contribution in [3.8, 4) is 11.6 Å². The minimum atomic E-state index is -0.533. The number of urea groups is 1. The summed E-state index contributed by atoms with van der Waals surface area (Å²) < 4.78 is 23.7. The normalized spacial score (nSPS) is 10.3. The molecule has 8 nitrogen and oxygen atoms in total. The molecule has 0 atom stereocenters. The number of anilines is 1. The van der Waals surface area contributed by atoms with Gasteiger partial charge in [0.15, 0.2) is 0 Å². The van der Waals surface area contributed by atoms with Crippen LogP contribution < -0.4 is 15.0 Å². The summed E-state index contributed by atoms with van der Waals surface area (Å²) in [5, 5.41) is 2.54. The number of nitrogens with one attached hydrogen (secondary N) is 1. The van der Waals surface area contributed by atoms with Gasteiger partial charge in [0.05, 0.1) is 25.0 Å². The minimum absolute atomic E-state index is 0.203. The SMILES string of the molecule is CCOC(=O)CNC(=O)N(Cc1cccnc1)c1ccc(Oc2cccc(F)c2)nc1. The van der Waals surface area contributed by atoms with Crippen molar-refractivity contribution in [2.75, 3.05) is 18.1 Å². The van der Waals surface area contributed by atoms with Crippen LogP contribution in [-0.2, 0) is 16.1 Å². The van der Waals surface area contributed by atoms with Gasteiger partial charge in [0.25, 0.3) is 0 Å². The van der Waals surface area contributed by atoms with Gasteiger partial charge in [-0.2, -0.15) is 0 Å². The summed E-state index contributed by atoms with van der Waals surface area (Å²) in [5.74, 6) is -0.411. The molecule has 2 heterocycles. The highest BCUT2D eigenvalue weighted by Crippen LogP contribution is 2.23. The van der Waals surface area contributed by atoms with Crippen LogP contribution in [0.1, 0.15) is 12.5 Å². The number of benzene rings is 1. The molecule has 0 saturated heterocycles. The molecule has 1 aromatic carbocycles. The van der Waals surface area contributed by atoms with Crippen LogP contribution in [0.5, 0.6) is 11.6 Å². The van der Waals surface area contributed by atoms with Gasteiger partial charge in [-0.25, -0.2) is 14.2 Å². The summed E-state index contributed by atoms with van der Waals surface area (Å²) in [4.78, 5) is 34.0. The number of halogens is 1. The van der Waals surface area contributed by atoms with E-state index in [1.54, 1.807) is 43.6 Å². The van der Waals surface area contributed by atoms with Crippen LogP contribution in [0.2, 0.25) is 0 Å². The fourth-order valence-electron chi connectivity index (χ4n) is 2.65. The Labute approximate surface area is 178 Å². The molecule has 2 aromatic heterocycles. The molecule has 0 saturated carbocycles. The Morgan fingerprint density at radius 1 is 1.13 bits per heavy atom. The van der Waals surface area contributed by atoms with Gasteiger partial charge in [0.1, 0.15) is 18.1 Å². The minimum Gasteiger partial charge on any atom is -0.465 e. The van der Waals surface area contributed by atoms with E-state index in [-0.39, 0.29) is 25.6 Å². The van der Waals surface area contributed by atoms with E-state index in [9.17, 15) is 14.0 Å². The van der Waals surface area contributed by atoms with Crippen molar-refractivity contribution in [1.29, 1.82) is 0 Å². The van der Waals surface area contributed by atoms with Crippen LogP contribution in [0.15, 0.2) is 67.1 Å². The fourth-order valence-corrected chi connectivity index (χ4v) is 2.65. The average molecular weight is 424 g/mol. The van der Waals surface area contributed by atoms with Crippen molar-refractivity contribution < 1.29 is 23.5 Å².